The molecule has 2 aromatic rings. The van der Waals surface area contributed by atoms with Crippen LogP contribution in [0, 0.1) is 0 Å². The molecule has 8 heteroatoms. The lowest BCUT2D eigenvalue weighted by Crippen LogP contribution is -2.30. The number of amides is 4. The first-order chi connectivity index (χ1) is 17.4. The Morgan fingerprint density at radius 1 is 0.444 bits per heavy atom. The van der Waals surface area contributed by atoms with E-state index in [1.807, 2.05) is 0 Å². The maximum atomic E-state index is 12.5. The van der Waals surface area contributed by atoms with Crippen LogP contribution in [0.1, 0.15) is 106 Å². The molecule has 0 aromatic heterocycles. The van der Waals surface area contributed by atoms with Crippen molar-refractivity contribution < 1.29 is 19.2 Å². The summed E-state index contributed by atoms with van der Waals surface area (Å²) in [5.74, 6) is -0.921. The molecule has 0 spiro atoms. The van der Waals surface area contributed by atoms with Crippen molar-refractivity contribution in [3.63, 3.8) is 0 Å². The molecule has 0 unspecified atom stereocenters. The summed E-state index contributed by atoms with van der Waals surface area (Å²) in [6.07, 6.45) is 10.4. The maximum Gasteiger partial charge on any atom is 0.261 e. The zero-order valence-electron chi connectivity index (χ0n) is 20.6. The van der Waals surface area contributed by atoms with Gasteiger partial charge in [-0.3, -0.25) is 29.0 Å². The quantitative estimate of drug-likeness (QED) is 0.239. The Kier molecular flexibility index (Phi) is 8.03. The van der Waals surface area contributed by atoms with Crippen LogP contribution in [-0.4, -0.2) is 46.5 Å². The molecule has 0 bridgehead atoms. The van der Waals surface area contributed by atoms with E-state index in [1.54, 1.807) is 36.4 Å². The molecule has 2 heterocycles. The average molecular weight is 491 g/mol. The largest absolute Gasteiger partial charge is 0.399 e. The van der Waals surface area contributed by atoms with Crippen LogP contribution in [0.3, 0.4) is 0 Å². The van der Waals surface area contributed by atoms with E-state index in [0.717, 1.165) is 64.2 Å². The summed E-state index contributed by atoms with van der Waals surface area (Å²) < 4.78 is 0. The highest BCUT2D eigenvalue weighted by molar-refractivity contribution is 6.22. The second kappa shape index (κ2) is 11.4. The maximum absolute atomic E-state index is 12.5. The van der Waals surface area contributed by atoms with Gasteiger partial charge in [-0.05, 0) is 49.2 Å². The van der Waals surface area contributed by atoms with E-state index in [0.29, 0.717) is 46.7 Å². The smallest absolute Gasteiger partial charge is 0.261 e. The van der Waals surface area contributed by atoms with E-state index in [9.17, 15) is 19.2 Å². The van der Waals surface area contributed by atoms with Gasteiger partial charge < -0.3 is 11.5 Å². The Morgan fingerprint density at radius 2 is 0.750 bits per heavy atom. The van der Waals surface area contributed by atoms with Crippen molar-refractivity contribution in [1.82, 2.24) is 9.80 Å². The van der Waals surface area contributed by atoms with Gasteiger partial charge in [-0.2, -0.15) is 0 Å². The van der Waals surface area contributed by atoms with Crippen LogP contribution in [0.15, 0.2) is 36.4 Å². The van der Waals surface area contributed by atoms with Crippen molar-refractivity contribution >= 4 is 35.0 Å². The summed E-state index contributed by atoms with van der Waals surface area (Å²) in [4.78, 5) is 52.4. The Morgan fingerprint density at radius 3 is 1.11 bits per heavy atom. The van der Waals surface area contributed by atoms with Crippen LogP contribution < -0.4 is 11.5 Å². The second-order valence-electron chi connectivity index (χ2n) is 9.67. The molecule has 0 fully saturated rings. The molecule has 0 saturated carbocycles. The number of fused-ring (bicyclic) bond motifs is 2. The van der Waals surface area contributed by atoms with Crippen LogP contribution in [-0.2, 0) is 0 Å². The van der Waals surface area contributed by atoms with Gasteiger partial charge in [0.1, 0.15) is 0 Å². The lowest BCUT2D eigenvalue weighted by Gasteiger charge is -2.13. The van der Waals surface area contributed by atoms with Gasteiger partial charge in [0.2, 0.25) is 0 Å². The van der Waals surface area contributed by atoms with Crippen molar-refractivity contribution in [3.8, 4) is 0 Å². The summed E-state index contributed by atoms with van der Waals surface area (Å²) >= 11 is 0. The number of nitrogen functional groups attached to an aromatic ring is 2. The van der Waals surface area contributed by atoms with E-state index in [2.05, 4.69) is 0 Å². The fourth-order valence-corrected chi connectivity index (χ4v) is 4.98. The monoisotopic (exact) mass is 490 g/mol. The lowest BCUT2D eigenvalue weighted by molar-refractivity contribution is 0.0636. The van der Waals surface area contributed by atoms with Crippen molar-refractivity contribution in [2.75, 3.05) is 24.6 Å². The molecule has 0 saturated heterocycles. The number of carbonyl (C=O) groups is 4. The molecule has 2 aromatic carbocycles. The molecule has 4 amide bonds. The SMILES string of the molecule is Nc1ccc2c(c1)C(=O)N(CCCCCCCCCCCCN1C(=O)c3ccc(N)cc3C1=O)C2=O. The standard InChI is InChI=1S/C28H34N4O4/c29-19-11-13-21-23(17-19)27(35)31(25(21)33)15-9-7-5-3-1-2-4-6-8-10-16-32-26(34)22-14-12-20(30)18-24(22)28(32)36/h11-14,17-18H,1-10,15-16,29-30H2. The van der Waals surface area contributed by atoms with Gasteiger partial charge in [-0.15, -0.1) is 0 Å². The Hall–Kier alpha value is -3.68. The highest BCUT2D eigenvalue weighted by atomic mass is 16.2. The zero-order valence-corrected chi connectivity index (χ0v) is 20.6. The summed E-state index contributed by atoms with van der Waals surface area (Å²) in [5, 5.41) is 0. The normalized spacial score (nSPS) is 14.7. The van der Waals surface area contributed by atoms with Crippen molar-refractivity contribution in [2.45, 2.75) is 64.2 Å². The third-order valence-corrected chi connectivity index (χ3v) is 7.00. The van der Waals surface area contributed by atoms with Crippen LogP contribution >= 0.6 is 0 Å². The van der Waals surface area contributed by atoms with Gasteiger partial charge in [-0.25, -0.2) is 0 Å². The van der Waals surface area contributed by atoms with Crippen molar-refractivity contribution in [1.29, 1.82) is 0 Å². The minimum absolute atomic E-state index is 0.220. The molecular formula is C28H34N4O4. The molecule has 0 aliphatic carbocycles. The molecule has 190 valence electrons. The number of imide groups is 2. The second-order valence-corrected chi connectivity index (χ2v) is 9.67. The molecule has 0 radical (unpaired) electrons. The number of hydrogen-bond donors (Lipinski definition) is 2. The van der Waals surface area contributed by atoms with Crippen LogP contribution in [0.2, 0.25) is 0 Å². The molecule has 4 N–H and O–H groups in total. The molecule has 0 atom stereocenters. The lowest BCUT2D eigenvalue weighted by atomic mass is 10.1. The fourth-order valence-electron chi connectivity index (χ4n) is 4.98. The summed E-state index contributed by atoms with van der Waals surface area (Å²) in [6, 6.07) is 9.73. The Balaban J connectivity index is 1.02. The number of carbonyl (C=O) groups excluding carboxylic acids is 4. The minimum atomic E-state index is -0.241. The number of nitrogens with two attached hydrogens (primary N) is 2. The first-order valence-electron chi connectivity index (χ1n) is 12.9. The predicted molar refractivity (Wildman–Crippen MR) is 139 cm³/mol. The minimum Gasteiger partial charge on any atom is -0.399 e. The number of unbranched alkanes of at least 4 members (excludes halogenated alkanes) is 9. The number of rotatable bonds is 13. The van der Waals surface area contributed by atoms with Crippen LogP contribution in [0.4, 0.5) is 11.4 Å². The van der Waals surface area contributed by atoms with Crippen LogP contribution in [0.25, 0.3) is 0 Å². The highest BCUT2D eigenvalue weighted by Crippen LogP contribution is 2.26. The molecule has 4 rings (SSSR count). The zero-order chi connectivity index (χ0) is 25.7. The molecular weight excluding hydrogens is 456 g/mol. The first-order valence-corrected chi connectivity index (χ1v) is 12.9. The average Bonchev–Trinajstić information content (AvgIpc) is 3.23. The number of benzene rings is 2. The topological polar surface area (TPSA) is 127 Å². The molecule has 36 heavy (non-hydrogen) atoms. The van der Waals surface area contributed by atoms with E-state index in [1.165, 1.54) is 9.80 Å². The highest BCUT2D eigenvalue weighted by Gasteiger charge is 2.35. The van der Waals surface area contributed by atoms with E-state index < -0.39 is 0 Å². The van der Waals surface area contributed by atoms with Crippen LogP contribution in [0.5, 0.6) is 0 Å². The Labute approximate surface area is 211 Å². The van der Waals surface area contributed by atoms with E-state index >= 15 is 0 Å². The van der Waals surface area contributed by atoms with Gasteiger partial charge in [0.05, 0.1) is 22.3 Å². The molecule has 8 nitrogen and oxygen atoms in total. The fraction of sp³-hybridized carbons (Fsp3) is 0.429. The summed E-state index contributed by atoms with van der Waals surface area (Å²) in [7, 11) is 0. The molecule has 2 aliphatic heterocycles. The van der Waals surface area contributed by atoms with Gasteiger partial charge >= 0.3 is 0 Å². The van der Waals surface area contributed by atoms with Gasteiger partial charge in [0.25, 0.3) is 23.6 Å². The van der Waals surface area contributed by atoms with Crippen molar-refractivity contribution in [3.05, 3.63) is 58.7 Å². The van der Waals surface area contributed by atoms with Gasteiger partial charge in [0, 0.05) is 24.5 Å². The Bertz CT molecular complexity index is 1080. The predicted octanol–water partition coefficient (Wildman–Crippen LogP) is 4.64. The number of nitrogens with zero attached hydrogens (tertiary/aromatic N) is 2. The summed E-state index contributed by atoms with van der Waals surface area (Å²) in [5.41, 5.74) is 14.2. The number of anilines is 2. The van der Waals surface area contributed by atoms with Crippen molar-refractivity contribution in [2.24, 2.45) is 0 Å². The third-order valence-electron chi connectivity index (χ3n) is 7.00. The molecule has 2 aliphatic rings. The third kappa shape index (κ3) is 5.42. The van der Waals surface area contributed by atoms with Gasteiger partial charge in [0.15, 0.2) is 0 Å². The number of hydrogen-bond acceptors (Lipinski definition) is 6. The van der Waals surface area contributed by atoms with Gasteiger partial charge in [-0.1, -0.05) is 51.4 Å². The first kappa shape index (κ1) is 25.4. The summed E-state index contributed by atoms with van der Waals surface area (Å²) in [6.45, 7) is 0.902. The van der Waals surface area contributed by atoms with E-state index in [4.69, 9.17) is 11.5 Å². The van der Waals surface area contributed by atoms with E-state index in [-0.39, 0.29) is 23.6 Å².